The van der Waals surface area contributed by atoms with E-state index in [9.17, 15) is 0 Å². The average molecular weight is 682 g/mol. The molecule has 0 N–H and O–H groups in total. The van der Waals surface area contributed by atoms with Crippen LogP contribution >= 0.6 is 0 Å². The topological polar surface area (TPSA) is 65.0 Å². The third-order valence-electron chi connectivity index (χ3n) is 10.9. The maximum Gasteiger partial charge on any atom is 0.164 e. The van der Waals surface area contributed by atoms with Crippen molar-refractivity contribution >= 4 is 43.9 Å². The minimum atomic E-state index is -0.212. The molecular formula is C48H31N3O2. The number of hydrogen-bond donors (Lipinski definition) is 0. The molecule has 250 valence electrons. The highest BCUT2D eigenvalue weighted by Crippen LogP contribution is 2.53. The smallest absolute Gasteiger partial charge is 0.164 e. The van der Waals surface area contributed by atoms with Gasteiger partial charge in [-0.1, -0.05) is 129 Å². The van der Waals surface area contributed by atoms with E-state index in [1.165, 1.54) is 22.3 Å². The number of aromatic nitrogens is 3. The van der Waals surface area contributed by atoms with E-state index in [1.54, 1.807) is 0 Å². The van der Waals surface area contributed by atoms with Crippen LogP contribution in [0.1, 0.15) is 25.0 Å². The number of nitrogens with zero attached hydrogens (tertiary/aromatic N) is 3. The van der Waals surface area contributed by atoms with Crippen LogP contribution in [0.5, 0.6) is 0 Å². The van der Waals surface area contributed by atoms with Gasteiger partial charge in [0.15, 0.2) is 17.5 Å². The Morgan fingerprint density at radius 3 is 1.91 bits per heavy atom. The Labute approximate surface area is 305 Å². The van der Waals surface area contributed by atoms with E-state index in [1.807, 2.05) is 66.7 Å². The molecule has 0 fully saturated rings. The number of para-hydroxylation sites is 2. The lowest BCUT2D eigenvalue weighted by atomic mass is 9.81. The van der Waals surface area contributed by atoms with Crippen molar-refractivity contribution in [3.05, 3.63) is 163 Å². The highest BCUT2D eigenvalue weighted by atomic mass is 16.3. The third-order valence-corrected chi connectivity index (χ3v) is 10.9. The molecule has 0 aliphatic heterocycles. The van der Waals surface area contributed by atoms with Gasteiger partial charge in [0, 0.05) is 49.2 Å². The second-order valence-corrected chi connectivity index (χ2v) is 14.4. The minimum Gasteiger partial charge on any atom is -0.456 e. The predicted molar refractivity (Wildman–Crippen MR) is 214 cm³/mol. The molecule has 1 aliphatic rings. The van der Waals surface area contributed by atoms with E-state index in [2.05, 4.69) is 98.8 Å². The Bertz CT molecular complexity index is 3100. The van der Waals surface area contributed by atoms with E-state index in [0.29, 0.717) is 17.5 Å². The van der Waals surface area contributed by atoms with Gasteiger partial charge in [-0.2, -0.15) is 0 Å². The fraction of sp³-hybridized carbons (Fsp3) is 0.0625. The Kier molecular flexibility index (Phi) is 6.23. The van der Waals surface area contributed by atoms with Crippen molar-refractivity contribution in [2.24, 2.45) is 0 Å². The summed E-state index contributed by atoms with van der Waals surface area (Å²) < 4.78 is 12.8. The molecule has 53 heavy (non-hydrogen) atoms. The monoisotopic (exact) mass is 681 g/mol. The maximum atomic E-state index is 6.54. The predicted octanol–water partition coefficient (Wildman–Crippen LogP) is 12.6. The minimum absolute atomic E-state index is 0.212. The van der Waals surface area contributed by atoms with Crippen molar-refractivity contribution in [3.8, 4) is 56.4 Å². The van der Waals surface area contributed by atoms with Crippen molar-refractivity contribution in [2.75, 3.05) is 0 Å². The van der Waals surface area contributed by atoms with E-state index < -0.39 is 0 Å². The first-order chi connectivity index (χ1) is 26.0. The third kappa shape index (κ3) is 4.47. The quantitative estimate of drug-likeness (QED) is 0.185. The number of benzene rings is 7. The summed E-state index contributed by atoms with van der Waals surface area (Å²) in [5.74, 6) is 1.83. The standard InChI is InChI=1S/C48H31N3O2/c1-48(2)38-25-22-30(27-37(38)33-23-24-34-32-16-6-8-19-39(32)53-44(34)43(33)48)29-14-10-15-31(26-29)46-49-45(28-12-4-3-5-13-28)50-47(51-46)36-18-11-21-41-42(36)35-17-7-9-20-40(35)52-41/h3-27H,1-2H3. The first-order valence-corrected chi connectivity index (χ1v) is 17.9. The van der Waals surface area contributed by atoms with Gasteiger partial charge in [-0.25, -0.2) is 15.0 Å². The second-order valence-electron chi connectivity index (χ2n) is 14.4. The summed E-state index contributed by atoms with van der Waals surface area (Å²) >= 11 is 0. The molecule has 0 unspecified atom stereocenters. The number of fused-ring (bicyclic) bond motifs is 10. The van der Waals surface area contributed by atoms with Crippen molar-refractivity contribution in [1.82, 2.24) is 15.0 Å². The van der Waals surface area contributed by atoms with Crippen molar-refractivity contribution in [1.29, 1.82) is 0 Å². The lowest BCUT2D eigenvalue weighted by Crippen LogP contribution is -2.15. The lowest BCUT2D eigenvalue weighted by molar-refractivity contribution is 0.620. The van der Waals surface area contributed by atoms with E-state index in [-0.39, 0.29) is 5.41 Å². The molecule has 3 aromatic heterocycles. The van der Waals surface area contributed by atoms with Gasteiger partial charge >= 0.3 is 0 Å². The summed E-state index contributed by atoms with van der Waals surface area (Å²) in [6, 6.07) is 52.4. The summed E-state index contributed by atoms with van der Waals surface area (Å²) in [7, 11) is 0. The molecule has 3 heterocycles. The zero-order chi connectivity index (χ0) is 35.3. The summed E-state index contributed by atoms with van der Waals surface area (Å²) in [6.45, 7) is 4.61. The van der Waals surface area contributed by atoms with Gasteiger partial charge in [-0.05, 0) is 64.2 Å². The van der Waals surface area contributed by atoms with E-state index in [0.717, 1.165) is 71.7 Å². The largest absolute Gasteiger partial charge is 0.456 e. The molecule has 0 saturated carbocycles. The van der Waals surface area contributed by atoms with Crippen molar-refractivity contribution in [3.63, 3.8) is 0 Å². The SMILES string of the molecule is CC1(C)c2ccc(-c3cccc(-c4nc(-c5ccccc5)nc(-c5cccc6oc7ccccc7c56)n4)c3)cc2-c2ccc3c(oc4ccccc43)c21. The summed E-state index contributed by atoms with van der Waals surface area (Å²) in [6.07, 6.45) is 0. The summed E-state index contributed by atoms with van der Waals surface area (Å²) in [4.78, 5) is 15.3. The molecule has 0 radical (unpaired) electrons. The highest BCUT2D eigenvalue weighted by molar-refractivity contribution is 6.12. The maximum absolute atomic E-state index is 6.54. The Morgan fingerprint density at radius 1 is 0.415 bits per heavy atom. The lowest BCUT2D eigenvalue weighted by Gasteiger charge is -2.21. The van der Waals surface area contributed by atoms with Crippen LogP contribution in [0.2, 0.25) is 0 Å². The molecule has 5 heteroatoms. The normalized spacial score (nSPS) is 13.2. The Morgan fingerprint density at radius 2 is 1.06 bits per heavy atom. The fourth-order valence-electron chi connectivity index (χ4n) is 8.40. The first-order valence-electron chi connectivity index (χ1n) is 17.9. The molecule has 0 bridgehead atoms. The summed E-state index contributed by atoms with van der Waals surface area (Å²) in [5.41, 5.74) is 13.3. The Balaban J connectivity index is 1.06. The summed E-state index contributed by atoms with van der Waals surface area (Å²) in [5, 5.41) is 4.35. The molecule has 0 atom stereocenters. The molecule has 0 amide bonds. The van der Waals surface area contributed by atoms with Crippen LogP contribution in [0.4, 0.5) is 0 Å². The van der Waals surface area contributed by atoms with Gasteiger partial charge in [0.2, 0.25) is 0 Å². The fourth-order valence-corrected chi connectivity index (χ4v) is 8.40. The van der Waals surface area contributed by atoms with Gasteiger partial charge in [-0.15, -0.1) is 0 Å². The highest BCUT2D eigenvalue weighted by Gasteiger charge is 2.38. The molecule has 0 saturated heterocycles. The Hall–Kier alpha value is -6.85. The van der Waals surface area contributed by atoms with Crippen LogP contribution in [0.15, 0.2) is 160 Å². The zero-order valence-corrected chi connectivity index (χ0v) is 29.1. The van der Waals surface area contributed by atoms with Crippen LogP contribution in [0, 0.1) is 0 Å². The van der Waals surface area contributed by atoms with Crippen LogP contribution in [0.3, 0.4) is 0 Å². The van der Waals surface area contributed by atoms with Crippen molar-refractivity contribution in [2.45, 2.75) is 19.3 Å². The van der Waals surface area contributed by atoms with Crippen molar-refractivity contribution < 1.29 is 8.83 Å². The molecular weight excluding hydrogens is 651 g/mol. The van der Waals surface area contributed by atoms with E-state index in [4.69, 9.17) is 23.8 Å². The zero-order valence-electron chi connectivity index (χ0n) is 29.1. The van der Waals surface area contributed by atoms with Gasteiger partial charge in [0.05, 0.1) is 0 Å². The van der Waals surface area contributed by atoms with Gasteiger partial charge in [0.25, 0.3) is 0 Å². The van der Waals surface area contributed by atoms with Crippen LogP contribution < -0.4 is 0 Å². The molecule has 10 aromatic rings. The number of hydrogen-bond acceptors (Lipinski definition) is 5. The van der Waals surface area contributed by atoms with Crippen LogP contribution in [0.25, 0.3) is 100 Å². The van der Waals surface area contributed by atoms with E-state index >= 15 is 0 Å². The molecule has 1 aliphatic carbocycles. The van der Waals surface area contributed by atoms with Crippen LogP contribution in [-0.2, 0) is 5.41 Å². The number of rotatable bonds is 4. The second kappa shape index (κ2) is 11.1. The molecule has 7 aromatic carbocycles. The molecule has 0 spiro atoms. The van der Waals surface area contributed by atoms with Gasteiger partial charge in [0.1, 0.15) is 22.3 Å². The van der Waals surface area contributed by atoms with Crippen LogP contribution in [-0.4, -0.2) is 15.0 Å². The first kappa shape index (κ1) is 29.8. The van der Waals surface area contributed by atoms with Gasteiger partial charge in [-0.3, -0.25) is 0 Å². The van der Waals surface area contributed by atoms with Gasteiger partial charge < -0.3 is 8.83 Å². The average Bonchev–Trinajstić information content (AvgIpc) is 3.85. The molecule has 11 rings (SSSR count). The molecule has 5 nitrogen and oxygen atoms in total. The number of furan rings is 2.